The van der Waals surface area contributed by atoms with Gasteiger partial charge in [-0.2, -0.15) is 0 Å². The van der Waals surface area contributed by atoms with E-state index in [0.29, 0.717) is 18.4 Å². The largest absolute Gasteiger partial charge is 0.463 e. The molecule has 3 saturated carbocycles. The van der Waals surface area contributed by atoms with Gasteiger partial charge < -0.3 is 14.2 Å². The van der Waals surface area contributed by atoms with Gasteiger partial charge in [0, 0.05) is 24.5 Å². The maximum Gasteiger partial charge on any atom is 0.330 e. The van der Waals surface area contributed by atoms with E-state index < -0.39 is 0 Å². The Morgan fingerprint density at radius 3 is 1.92 bits per heavy atom. The Hall–Kier alpha value is -1.80. The Balaban J connectivity index is 1.20. The summed E-state index contributed by atoms with van der Waals surface area (Å²) in [5.74, 6) is 8.80. The molecule has 5 nitrogen and oxygen atoms in total. The van der Waals surface area contributed by atoms with Crippen LogP contribution in [0.25, 0.3) is 0 Å². The predicted octanol–water partition coefficient (Wildman–Crippen LogP) is 6.78. The summed E-state index contributed by atoms with van der Waals surface area (Å²) in [5, 5.41) is 0. The fourth-order valence-electron chi connectivity index (χ4n) is 5.73. The lowest BCUT2D eigenvalue weighted by Crippen LogP contribution is -2.31. The molecule has 0 atom stereocenters. The first kappa shape index (κ1) is 28.8. The van der Waals surface area contributed by atoms with Crippen LogP contribution in [0.4, 0.5) is 0 Å². The first-order valence-electron chi connectivity index (χ1n) is 14.7. The molecule has 0 unspecified atom stereocenters. The molecule has 0 amide bonds. The van der Waals surface area contributed by atoms with Crippen LogP contribution in [-0.4, -0.2) is 37.4 Å². The molecule has 0 bridgehead atoms. The fraction of sp³-hybridized carbons (Fsp3) is 0.806. The topological polar surface area (TPSA) is 61.8 Å². The molecule has 0 aliphatic heterocycles. The van der Waals surface area contributed by atoms with Crippen molar-refractivity contribution in [3.63, 3.8) is 0 Å². The fourth-order valence-corrected chi connectivity index (χ4v) is 5.73. The minimum absolute atomic E-state index is 0.0106. The lowest BCUT2D eigenvalue weighted by atomic mass is 9.82. The summed E-state index contributed by atoms with van der Waals surface area (Å²) in [4.78, 5) is 23.7. The number of rotatable bonds is 11. The molecule has 3 aliphatic rings. The molecular formula is C31H48O5. The lowest BCUT2D eigenvalue weighted by molar-refractivity contribution is -0.158. The van der Waals surface area contributed by atoms with Crippen LogP contribution in [-0.2, 0) is 23.8 Å². The van der Waals surface area contributed by atoms with Gasteiger partial charge in [-0.15, -0.1) is 0 Å². The smallest absolute Gasteiger partial charge is 0.330 e. The van der Waals surface area contributed by atoms with Gasteiger partial charge in [0.15, 0.2) is 0 Å². The van der Waals surface area contributed by atoms with E-state index in [1.807, 2.05) is 0 Å². The second-order valence-corrected chi connectivity index (χ2v) is 11.3. The van der Waals surface area contributed by atoms with Crippen LogP contribution in [0.2, 0.25) is 0 Å². The molecule has 0 saturated heterocycles. The second-order valence-electron chi connectivity index (χ2n) is 11.3. The molecule has 0 aromatic carbocycles. The molecule has 0 spiro atoms. The molecule has 3 rings (SSSR count). The summed E-state index contributed by atoms with van der Waals surface area (Å²) in [6, 6.07) is 0. The summed E-state index contributed by atoms with van der Waals surface area (Å²) in [6.45, 7) is 6.96. The highest BCUT2D eigenvalue weighted by molar-refractivity contribution is 5.81. The molecule has 202 valence electrons. The molecular weight excluding hydrogens is 452 g/mol. The van der Waals surface area contributed by atoms with Crippen LogP contribution in [0.1, 0.15) is 110 Å². The van der Waals surface area contributed by atoms with Gasteiger partial charge in [-0.05, 0) is 102 Å². The molecule has 0 aromatic rings. The molecule has 36 heavy (non-hydrogen) atoms. The minimum Gasteiger partial charge on any atom is -0.463 e. The van der Waals surface area contributed by atoms with Crippen molar-refractivity contribution in [2.45, 2.75) is 122 Å². The Morgan fingerprint density at radius 1 is 0.750 bits per heavy atom. The molecule has 3 aliphatic carbocycles. The van der Waals surface area contributed by atoms with Gasteiger partial charge >= 0.3 is 11.9 Å². The predicted molar refractivity (Wildman–Crippen MR) is 142 cm³/mol. The van der Waals surface area contributed by atoms with Crippen molar-refractivity contribution >= 4 is 11.9 Å². The zero-order valence-corrected chi connectivity index (χ0v) is 22.5. The van der Waals surface area contributed by atoms with Crippen LogP contribution in [0.5, 0.6) is 0 Å². The van der Waals surface area contributed by atoms with Gasteiger partial charge in [-0.3, -0.25) is 4.79 Å². The summed E-state index contributed by atoms with van der Waals surface area (Å²) in [7, 11) is 0. The average Bonchev–Trinajstić information content (AvgIpc) is 2.90. The summed E-state index contributed by atoms with van der Waals surface area (Å²) in [5.41, 5.74) is 0. The van der Waals surface area contributed by atoms with E-state index in [4.69, 9.17) is 14.2 Å². The van der Waals surface area contributed by atoms with Gasteiger partial charge in [0.1, 0.15) is 6.10 Å². The number of esters is 2. The molecule has 0 heterocycles. The van der Waals surface area contributed by atoms with Crippen LogP contribution >= 0.6 is 0 Å². The second kappa shape index (κ2) is 16.1. The Morgan fingerprint density at radius 2 is 1.31 bits per heavy atom. The molecule has 0 aromatic heterocycles. The Labute approximate surface area is 219 Å². The first-order valence-corrected chi connectivity index (χ1v) is 14.7. The van der Waals surface area contributed by atoms with Crippen LogP contribution in [0.15, 0.2) is 12.7 Å². The van der Waals surface area contributed by atoms with E-state index in [-0.39, 0.29) is 30.1 Å². The number of unbranched alkanes of at least 4 members (excludes halogenated alkanes) is 3. The lowest BCUT2D eigenvalue weighted by Gasteiger charge is -2.30. The molecule has 0 radical (unpaired) electrons. The van der Waals surface area contributed by atoms with E-state index in [1.54, 1.807) is 0 Å². The maximum atomic E-state index is 12.7. The zero-order valence-electron chi connectivity index (χ0n) is 22.5. The van der Waals surface area contributed by atoms with Gasteiger partial charge in [0.05, 0.1) is 18.6 Å². The highest BCUT2D eigenvalue weighted by atomic mass is 16.5. The third-order valence-corrected chi connectivity index (χ3v) is 8.28. The number of carbonyl (C=O) groups is 2. The number of ether oxygens (including phenoxy) is 3. The van der Waals surface area contributed by atoms with Gasteiger partial charge in [-0.1, -0.05) is 31.8 Å². The minimum atomic E-state index is -0.352. The van der Waals surface area contributed by atoms with Gasteiger partial charge in [-0.25, -0.2) is 4.79 Å². The zero-order chi connectivity index (χ0) is 25.6. The third-order valence-electron chi connectivity index (χ3n) is 8.28. The number of carbonyl (C=O) groups excluding carboxylic acids is 2. The van der Waals surface area contributed by atoms with Crippen molar-refractivity contribution in [3.05, 3.63) is 12.7 Å². The van der Waals surface area contributed by atoms with Crippen LogP contribution in [0, 0.1) is 35.5 Å². The van der Waals surface area contributed by atoms with E-state index >= 15 is 0 Å². The highest BCUT2D eigenvalue weighted by Gasteiger charge is 2.30. The Kier molecular flexibility index (Phi) is 12.9. The van der Waals surface area contributed by atoms with Crippen molar-refractivity contribution in [1.29, 1.82) is 0 Å². The quantitative estimate of drug-likeness (QED) is 0.135. The average molecular weight is 501 g/mol. The van der Waals surface area contributed by atoms with Crippen LogP contribution < -0.4 is 0 Å². The first-order chi connectivity index (χ1) is 17.5. The molecule has 0 N–H and O–H groups in total. The highest BCUT2D eigenvalue weighted by Crippen LogP contribution is 2.32. The third kappa shape index (κ3) is 10.7. The van der Waals surface area contributed by atoms with Crippen molar-refractivity contribution < 1.29 is 23.8 Å². The van der Waals surface area contributed by atoms with Gasteiger partial charge in [0.2, 0.25) is 0 Å². The van der Waals surface area contributed by atoms with E-state index in [2.05, 4.69) is 25.3 Å². The van der Waals surface area contributed by atoms with E-state index in [0.717, 1.165) is 89.6 Å². The maximum absolute atomic E-state index is 12.7. The normalized spacial score (nSPS) is 30.5. The van der Waals surface area contributed by atoms with Gasteiger partial charge in [0.25, 0.3) is 0 Å². The van der Waals surface area contributed by atoms with E-state index in [1.165, 1.54) is 31.8 Å². The monoisotopic (exact) mass is 500 g/mol. The van der Waals surface area contributed by atoms with E-state index in [9.17, 15) is 9.59 Å². The SMILES string of the molecule is C=CC(=O)OCCCCCCOC1CCC(C(=O)OC2CCC(C#CC3CCC(C)CC3)CC2)CC1. The molecule has 3 fully saturated rings. The molecule has 5 heteroatoms. The van der Waals surface area contributed by atoms with Crippen molar-refractivity contribution in [2.75, 3.05) is 13.2 Å². The van der Waals surface area contributed by atoms with Crippen molar-refractivity contribution in [1.82, 2.24) is 0 Å². The number of hydrogen-bond acceptors (Lipinski definition) is 5. The number of hydrogen-bond donors (Lipinski definition) is 0. The van der Waals surface area contributed by atoms with Crippen LogP contribution in [0.3, 0.4) is 0 Å². The summed E-state index contributed by atoms with van der Waals surface area (Å²) >= 11 is 0. The summed E-state index contributed by atoms with van der Waals surface area (Å²) in [6.07, 6.45) is 18.4. The standard InChI is InChI=1S/C31H48O5/c1-3-30(32)35-23-7-5-4-6-22-34-28-20-16-27(17-21-28)31(33)36-29-18-14-26(15-19-29)13-12-25-10-8-24(2)9-11-25/h3,24-29H,1,4-11,14-23H2,2H3. The van der Waals surface area contributed by atoms with Crippen molar-refractivity contribution in [3.8, 4) is 11.8 Å². The Bertz CT molecular complexity index is 726. The summed E-state index contributed by atoms with van der Waals surface area (Å²) < 4.78 is 16.9. The van der Waals surface area contributed by atoms with Crippen molar-refractivity contribution in [2.24, 2.45) is 23.7 Å².